The number of aromatic hydroxyl groups is 1. The van der Waals surface area contributed by atoms with E-state index in [0.29, 0.717) is 53.3 Å². The SMILES string of the molecule is COCCC(C)(C)Oc1ccc(C(=O)Nc2cnc3[nH]c(C(=O)N4CCc5c4cc(O)c4cccc(C)c54)cc3c2)cc1. The minimum Gasteiger partial charge on any atom is -0.507 e. The Bertz CT molecular complexity index is 1860. The fourth-order valence-corrected chi connectivity index (χ4v) is 5.69. The van der Waals surface area contributed by atoms with E-state index in [0.717, 1.165) is 34.0 Å². The lowest BCUT2D eigenvalue weighted by Crippen LogP contribution is -2.29. The average molecular weight is 579 g/mol. The number of carbonyl (C=O) groups excluding carboxylic acids is 2. The molecule has 2 amide bonds. The van der Waals surface area contributed by atoms with E-state index in [4.69, 9.17) is 9.47 Å². The molecule has 3 heterocycles. The van der Waals surface area contributed by atoms with Crippen LogP contribution in [0.25, 0.3) is 21.8 Å². The first-order chi connectivity index (χ1) is 20.6. The number of phenols is 1. The van der Waals surface area contributed by atoms with Crippen molar-refractivity contribution in [2.45, 2.75) is 39.2 Å². The van der Waals surface area contributed by atoms with Gasteiger partial charge in [0, 0.05) is 49.1 Å². The number of nitrogens with one attached hydrogen (secondary N) is 2. The Morgan fingerprint density at radius 2 is 1.91 bits per heavy atom. The molecule has 2 aromatic heterocycles. The number of rotatable bonds is 8. The lowest BCUT2D eigenvalue weighted by atomic mass is 9.97. The molecule has 9 heteroatoms. The van der Waals surface area contributed by atoms with Crippen LogP contribution in [0, 0.1) is 6.92 Å². The van der Waals surface area contributed by atoms with Gasteiger partial charge in [-0.1, -0.05) is 18.2 Å². The number of methoxy groups -OCH3 is 1. The average Bonchev–Trinajstić information content (AvgIpc) is 3.60. The van der Waals surface area contributed by atoms with Gasteiger partial charge in [0.2, 0.25) is 0 Å². The van der Waals surface area contributed by atoms with Crippen LogP contribution in [0.15, 0.2) is 66.9 Å². The number of anilines is 2. The van der Waals surface area contributed by atoms with Crippen molar-refractivity contribution in [3.05, 3.63) is 89.2 Å². The van der Waals surface area contributed by atoms with E-state index in [1.165, 1.54) is 0 Å². The number of benzene rings is 3. The van der Waals surface area contributed by atoms with Gasteiger partial charge in [0.15, 0.2) is 0 Å². The van der Waals surface area contributed by atoms with Crippen LogP contribution in [0.2, 0.25) is 0 Å². The smallest absolute Gasteiger partial charge is 0.274 e. The van der Waals surface area contributed by atoms with Crippen LogP contribution in [-0.4, -0.2) is 52.8 Å². The highest BCUT2D eigenvalue weighted by molar-refractivity contribution is 6.11. The summed E-state index contributed by atoms with van der Waals surface area (Å²) in [6, 6.07) is 18.0. The maximum absolute atomic E-state index is 13.6. The maximum Gasteiger partial charge on any atom is 0.274 e. The molecule has 0 aliphatic carbocycles. The van der Waals surface area contributed by atoms with Crippen LogP contribution in [-0.2, 0) is 11.2 Å². The molecule has 0 radical (unpaired) electrons. The summed E-state index contributed by atoms with van der Waals surface area (Å²) in [4.78, 5) is 35.8. The molecule has 3 aromatic carbocycles. The number of pyridine rings is 1. The molecule has 0 bridgehead atoms. The van der Waals surface area contributed by atoms with E-state index in [-0.39, 0.29) is 17.6 Å². The summed E-state index contributed by atoms with van der Waals surface area (Å²) >= 11 is 0. The van der Waals surface area contributed by atoms with Gasteiger partial charge in [0.25, 0.3) is 11.8 Å². The predicted molar refractivity (Wildman–Crippen MR) is 167 cm³/mol. The Kier molecular flexibility index (Phi) is 7.27. The fraction of sp³-hybridized carbons (Fsp3) is 0.265. The van der Waals surface area contributed by atoms with E-state index >= 15 is 0 Å². The first-order valence-corrected chi connectivity index (χ1v) is 14.3. The lowest BCUT2D eigenvalue weighted by molar-refractivity contribution is 0.0630. The number of H-pyrrole nitrogens is 1. The van der Waals surface area contributed by atoms with Crippen molar-refractivity contribution in [1.29, 1.82) is 0 Å². The van der Waals surface area contributed by atoms with Gasteiger partial charge in [-0.05, 0) is 80.1 Å². The zero-order chi connectivity index (χ0) is 30.3. The Balaban J connectivity index is 1.18. The first-order valence-electron chi connectivity index (χ1n) is 14.3. The lowest BCUT2D eigenvalue weighted by Gasteiger charge is -2.26. The molecular weight excluding hydrogens is 544 g/mol. The normalized spacial score (nSPS) is 13.0. The summed E-state index contributed by atoms with van der Waals surface area (Å²) in [6.45, 7) is 7.11. The van der Waals surface area contributed by atoms with Gasteiger partial charge >= 0.3 is 0 Å². The molecule has 0 saturated carbocycles. The highest BCUT2D eigenvalue weighted by Gasteiger charge is 2.30. The van der Waals surface area contributed by atoms with Crippen molar-refractivity contribution in [1.82, 2.24) is 9.97 Å². The van der Waals surface area contributed by atoms with Crippen molar-refractivity contribution in [2.24, 2.45) is 0 Å². The van der Waals surface area contributed by atoms with Gasteiger partial charge in [0.1, 0.15) is 28.4 Å². The van der Waals surface area contributed by atoms with Crippen molar-refractivity contribution in [3.63, 3.8) is 0 Å². The first kappa shape index (κ1) is 28.2. The monoisotopic (exact) mass is 578 g/mol. The Morgan fingerprint density at radius 3 is 2.67 bits per heavy atom. The van der Waals surface area contributed by atoms with E-state index < -0.39 is 5.60 Å². The summed E-state index contributed by atoms with van der Waals surface area (Å²) in [6.07, 6.45) is 2.99. The predicted octanol–water partition coefficient (Wildman–Crippen LogP) is 6.38. The number of aryl methyl sites for hydroxylation is 1. The molecule has 0 saturated heterocycles. The molecule has 0 spiro atoms. The van der Waals surface area contributed by atoms with Gasteiger partial charge in [0.05, 0.1) is 17.6 Å². The summed E-state index contributed by atoms with van der Waals surface area (Å²) in [5.74, 6) is 0.338. The number of ether oxygens (including phenoxy) is 2. The van der Waals surface area contributed by atoms with Crippen molar-refractivity contribution in [3.8, 4) is 11.5 Å². The minimum absolute atomic E-state index is 0.156. The quantitative estimate of drug-likeness (QED) is 0.197. The number of fused-ring (bicyclic) bond motifs is 4. The third-order valence-electron chi connectivity index (χ3n) is 7.93. The number of phenolic OH excluding ortho intramolecular Hbond substituents is 1. The van der Waals surface area contributed by atoms with Crippen LogP contribution in [0.1, 0.15) is 52.2 Å². The van der Waals surface area contributed by atoms with Gasteiger partial charge < -0.3 is 29.8 Å². The van der Waals surface area contributed by atoms with Crippen molar-refractivity contribution < 1.29 is 24.2 Å². The maximum atomic E-state index is 13.6. The summed E-state index contributed by atoms with van der Waals surface area (Å²) in [5.41, 5.74) is 4.36. The van der Waals surface area contributed by atoms with E-state index in [2.05, 4.69) is 15.3 Å². The van der Waals surface area contributed by atoms with E-state index in [9.17, 15) is 14.7 Å². The van der Waals surface area contributed by atoms with E-state index in [1.807, 2.05) is 39.0 Å². The van der Waals surface area contributed by atoms with Gasteiger partial charge in [-0.25, -0.2) is 4.98 Å². The van der Waals surface area contributed by atoms with Crippen molar-refractivity contribution in [2.75, 3.05) is 30.5 Å². The molecule has 43 heavy (non-hydrogen) atoms. The molecule has 5 aromatic rings. The molecule has 3 N–H and O–H groups in total. The molecule has 220 valence electrons. The largest absolute Gasteiger partial charge is 0.507 e. The number of hydrogen-bond acceptors (Lipinski definition) is 6. The zero-order valence-electron chi connectivity index (χ0n) is 24.7. The second-order valence-electron chi connectivity index (χ2n) is 11.5. The molecular formula is C34H34N4O5. The van der Waals surface area contributed by atoms with Gasteiger partial charge in [-0.3, -0.25) is 9.59 Å². The Hall–Kier alpha value is -4.89. The molecule has 0 atom stereocenters. The third kappa shape index (κ3) is 5.51. The number of hydrogen-bond donors (Lipinski definition) is 3. The number of nitrogens with zero attached hydrogens (tertiary/aromatic N) is 2. The molecule has 1 aliphatic heterocycles. The fourth-order valence-electron chi connectivity index (χ4n) is 5.69. The second kappa shape index (κ2) is 11.1. The highest BCUT2D eigenvalue weighted by atomic mass is 16.5. The number of amides is 2. The number of aromatic amines is 1. The highest BCUT2D eigenvalue weighted by Crippen LogP contribution is 2.41. The summed E-state index contributed by atoms with van der Waals surface area (Å²) < 4.78 is 11.2. The Labute approximate surface area is 249 Å². The number of carbonyl (C=O) groups is 2. The minimum atomic E-state index is -0.398. The van der Waals surface area contributed by atoms with Crippen molar-refractivity contribution >= 4 is 45.0 Å². The number of aromatic nitrogens is 2. The summed E-state index contributed by atoms with van der Waals surface area (Å²) in [5, 5.41) is 16.1. The zero-order valence-corrected chi connectivity index (χ0v) is 24.7. The Morgan fingerprint density at radius 1 is 1.12 bits per heavy atom. The molecule has 0 fully saturated rings. The van der Waals surface area contributed by atoms with Gasteiger partial charge in [-0.2, -0.15) is 0 Å². The van der Waals surface area contributed by atoms with Crippen LogP contribution >= 0.6 is 0 Å². The van der Waals surface area contributed by atoms with E-state index in [1.54, 1.807) is 60.7 Å². The van der Waals surface area contributed by atoms with Gasteiger partial charge in [-0.15, -0.1) is 0 Å². The standard InChI is InChI=1S/C34H34N4O5/c1-20-6-5-7-26-29(39)18-28-25(30(20)26)12-14-38(28)33(41)27-17-22-16-23(19-35-31(22)37-27)36-32(40)21-8-10-24(11-9-21)43-34(2,3)13-15-42-4/h5-11,16-19,39H,12-15H2,1-4H3,(H,35,37)(H,36,40). The topological polar surface area (TPSA) is 117 Å². The second-order valence-corrected chi connectivity index (χ2v) is 11.5. The summed E-state index contributed by atoms with van der Waals surface area (Å²) in [7, 11) is 1.66. The third-order valence-corrected chi connectivity index (χ3v) is 7.93. The molecule has 1 aliphatic rings. The molecule has 6 rings (SSSR count). The van der Waals surface area contributed by atoms with Crippen LogP contribution in [0.4, 0.5) is 11.4 Å². The van der Waals surface area contributed by atoms with Crippen LogP contribution < -0.4 is 15.0 Å². The molecule has 0 unspecified atom stereocenters. The van der Waals surface area contributed by atoms with Crippen LogP contribution in [0.3, 0.4) is 0 Å². The van der Waals surface area contributed by atoms with Crippen LogP contribution in [0.5, 0.6) is 11.5 Å². The molecule has 9 nitrogen and oxygen atoms in total.